The zero-order chi connectivity index (χ0) is 20.8. The van der Waals surface area contributed by atoms with Crippen molar-refractivity contribution in [1.82, 2.24) is 4.90 Å². The summed E-state index contributed by atoms with van der Waals surface area (Å²) in [5.41, 5.74) is 2.52. The number of benzene rings is 1. The maximum absolute atomic E-state index is 13.1. The van der Waals surface area contributed by atoms with Crippen molar-refractivity contribution in [1.29, 1.82) is 0 Å². The Morgan fingerprint density at radius 3 is 2.39 bits per heavy atom. The van der Waals surface area contributed by atoms with E-state index in [-0.39, 0.29) is 17.5 Å². The Bertz CT molecular complexity index is 905. The maximum atomic E-state index is 13.1. The van der Waals surface area contributed by atoms with Crippen LogP contribution in [0.3, 0.4) is 0 Å². The number of para-hydroxylation sites is 2. The van der Waals surface area contributed by atoms with Gasteiger partial charge >= 0.3 is 0 Å². The predicted molar refractivity (Wildman–Crippen MR) is 127 cm³/mol. The number of carbonyl (C=O) groups is 1. The zero-order valence-corrected chi connectivity index (χ0v) is 19.0. The van der Waals surface area contributed by atoms with Gasteiger partial charge < -0.3 is 15.5 Å². The minimum Gasteiger partial charge on any atom is -0.378 e. The number of nitrogens with zero attached hydrogens (tertiary/aromatic N) is 1. The average Bonchev–Trinajstić information content (AvgIpc) is 3.43. The second-order valence-electron chi connectivity index (χ2n) is 10.5. The molecule has 31 heavy (non-hydrogen) atoms. The molecule has 1 amide bonds. The van der Waals surface area contributed by atoms with E-state index in [4.69, 9.17) is 0 Å². The van der Waals surface area contributed by atoms with Crippen LogP contribution < -0.4 is 10.6 Å². The summed E-state index contributed by atoms with van der Waals surface area (Å²) < 4.78 is 0. The summed E-state index contributed by atoms with van der Waals surface area (Å²) in [6.07, 6.45) is 10.5. The molecule has 2 heterocycles. The standard InChI is InChI=1S/C26H33N3OS/c30-25(29-9-3-7-23(29)24-8-4-10-31-24)17-27-21-5-1-2-6-22(21)28-26-14-18-11-19(15-26)13-20(12-18)16-26/h1-2,4-6,8,10,18-20,23,27-28H,3,7,9,11-17H2. The van der Waals surface area contributed by atoms with Crippen LogP contribution in [0.1, 0.15) is 62.3 Å². The molecule has 1 atom stereocenters. The summed E-state index contributed by atoms with van der Waals surface area (Å²) in [5.74, 6) is 2.97. The van der Waals surface area contributed by atoms with Gasteiger partial charge in [-0.15, -0.1) is 11.3 Å². The van der Waals surface area contributed by atoms with Gasteiger partial charge in [0.2, 0.25) is 5.91 Å². The van der Waals surface area contributed by atoms with Crippen LogP contribution in [-0.4, -0.2) is 29.4 Å². The molecule has 1 aromatic carbocycles. The molecule has 4 nitrogen and oxygen atoms in total. The second kappa shape index (κ2) is 7.84. The third kappa shape index (κ3) is 3.75. The van der Waals surface area contributed by atoms with E-state index < -0.39 is 0 Å². The summed E-state index contributed by atoms with van der Waals surface area (Å²) in [6, 6.07) is 13.0. The quantitative estimate of drug-likeness (QED) is 0.593. The fourth-order valence-electron chi connectivity index (χ4n) is 7.41. The van der Waals surface area contributed by atoms with Crippen LogP contribution in [0.25, 0.3) is 0 Å². The first kappa shape index (κ1) is 19.7. The Balaban J connectivity index is 1.14. The van der Waals surface area contributed by atoms with Crippen LogP contribution in [0.2, 0.25) is 0 Å². The highest BCUT2D eigenvalue weighted by Crippen LogP contribution is 2.56. The van der Waals surface area contributed by atoms with Gasteiger partial charge in [0.05, 0.1) is 24.0 Å². The summed E-state index contributed by atoms with van der Waals surface area (Å²) in [5, 5.41) is 9.59. The van der Waals surface area contributed by atoms with Crippen LogP contribution in [0.4, 0.5) is 11.4 Å². The first-order valence-corrected chi connectivity index (χ1v) is 13.0. The molecule has 5 aliphatic rings. The molecule has 1 aliphatic heterocycles. The first-order chi connectivity index (χ1) is 15.2. The molecule has 5 heteroatoms. The zero-order valence-electron chi connectivity index (χ0n) is 18.2. The lowest BCUT2D eigenvalue weighted by molar-refractivity contribution is -0.130. The normalized spacial score (nSPS) is 33.6. The highest BCUT2D eigenvalue weighted by atomic mass is 32.1. The van der Waals surface area contributed by atoms with Crippen LogP contribution in [0, 0.1) is 17.8 Å². The van der Waals surface area contributed by atoms with Crippen LogP contribution >= 0.6 is 11.3 Å². The number of carbonyl (C=O) groups excluding carboxylic acids is 1. The number of thiophene rings is 1. The topological polar surface area (TPSA) is 44.4 Å². The van der Waals surface area contributed by atoms with Crippen molar-refractivity contribution < 1.29 is 4.79 Å². The Labute approximate surface area is 189 Å². The molecule has 4 aliphatic carbocycles. The largest absolute Gasteiger partial charge is 0.378 e. The molecule has 4 saturated carbocycles. The summed E-state index contributed by atoms with van der Waals surface area (Å²) >= 11 is 1.76. The van der Waals surface area contributed by atoms with Gasteiger partial charge in [-0.3, -0.25) is 4.79 Å². The molecule has 1 unspecified atom stereocenters. The van der Waals surface area contributed by atoms with Gasteiger partial charge in [0.1, 0.15) is 0 Å². The van der Waals surface area contributed by atoms with Gasteiger partial charge in [0.15, 0.2) is 0 Å². The first-order valence-electron chi connectivity index (χ1n) is 12.1. The third-order valence-corrected chi connectivity index (χ3v) is 9.21. The van der Waals surface area contributed by atoms with E-state index in [9.17, 15) is 4.79 Å². The van der Waals surface area contributed by atoms with E-state index in [0.29, 0.717) is 6.54 Å². The SMILES string of the molecule is O=C(CNc1ccccc1NC12CC3CC(CC(C3)C1)C2)N1CCCC1c1cccs1. The summed E-state index contributed by atoms with van der Waals surface area (Å²) in [7, 11) is 0. The number of nitrogens with one attached hydrogen (secondary N) is 2. The van der Waals surface area contributed by atoms with Crippen LogP contribution in [0.5, 0.6) is 0 Å². The Kier molecular flexibility index (Phi) is 4.97. The number of hydrogen-bond donors (Lipinski definition) is 2. The van der Waals surface area contributed by atoms with Crippen molar-refractivity contribution in [3.05, 3.63) is 46.7 Å². The Morgan fingerprint density at radius 1 is 1.00 bits per heavy atom. The average molecular weight is 436 g/mol. The van der Waals surface area contributed by atoms with Crippen LogP contribution in [0.15, 0.2) is 41.8 Å². The molecule has 0 spiro atoms. The molecule has 164 valence electrons. The number of rotatable bonds is 6. The summed E-state index contributed by atoms with van der Waals surface area (Å²) in [6.45, 7) is 1.23. The monoisotopic (exact) mass is 435 g/mol. The number of hydrogen-bond acceptors (Lipinski definition) is 4. The van der Waals surface area contributed by atoms with Gasteiger partial charge in [-0.2, -0.15) is 0 Å². The van der Waals surface area contributed by atoms with Gasteiger partial charge in [0.25, 0.3) is 0 Å². The lowest BCUT2D eigenvalue weighted by Gasteiger charge is -2.57. The van der Waals surface area contributed by atoms with Crippen molar-refractivity contribution in [2.75, 3.05) is 23.7 Å². The second-order valence-corrected chi connectivity index (χ2v) is 11.5. The highest BCUT2D eigenvalue weighted by Gasteiger charge is 2.51. The fourth-order valence-corrected chi connectivity index (χ4v) is 8.28. The van der Waals surface area contributed by atoms with E-state index >= 15 is 0 Å². The van der Waals surface area contributed by atoms with Gasteiger partial charge in [-0.25, -0.2) is 0 Å². The van der Waals surface area contributed by atoms with E-state index in [2.05, 4.69) is 57.3 Å². The van der Waals surface area contributed by atoms with E-state index in [1.54, 1.807) is 11.3 Å². The van der Waals surface area contributed by atoms with Crippen molar-refractivity contribution in [3.8, 4) is 0 Å². The molecular formula is C26H33N3OS. The van der Waals surface area contributed by atoms with Gasteiger partial charge in [0, 0.05) is 17.0 Å². The molecule has 2 N–H and O–H groups in total. The number of amides is 1. The Hall–Kier alpha value is -2.01. The smallest absolute Gasteiger partial charge is 0.242 e. The molecular weight excluding hydrogens is 402 g/mol. The molecule has 7 rings (SSSR count). The minimum atomic E-state index is 0.209. The third-order valence-electron chi connectivity index (χ3n) is 8.24. The highest BCUT2D eigenvalue weighted by molar-refractivity contribution is 7.10. The van der Waals surface area contributed by atoms with E-state index in [0.717, 1.165) is 42.8 Å². The summed E-state index contributed by atoms with van der Waals surface area (Å²) in [4.78, 5) is 16.5. The predicted octanol–water partition coefficient (Wildman–Crippen LogP) is 5.90. The van der Waals surface area contributed by atoms with Gasteiger partial charge in [-0.05, 0) is 92.7 Å². The maximum Gasteiger partial charge on any atom is 0.242 e. The van der Waals surface area contributed by atoms with Crippen LogP contribution in [-0.2, 0) is 4.79 Å². The van der Waals surface area contributed by atoms with E-state index in [1.807, 2.05) is 0 Å². The number of anilines is 2. The number of likely N-dealkylation sites (tertiary alicyclic amines) is 1. The molecule has 1 aromatic heterocycles. The lowest BCUT2D eigenvalue weighted by atomic mass is 9.53. The minimum absolute atomic E-state index is 0.209. The molecule has 2 aromatic rings. The molecule has 5 fully saturated rings. The van der Waals surface area contributed by atoms with Crippen molar-refractivity contribution in [2.45, 2.75) is 62.9 Å². The molecule has 1 saturated heterocycles. The molecule has 4 bridgehead atoms. The Morgan fingerprint density at radius 2 is 1.71 bits per heavy atom. The van der Waals surface area contributed by atoms with Crippen molar-refractivity contribution in [2.24, 2.45) is 17.8 Å². The fraction of sp³-hybridized carbons (Fsp3) is 0.577. The van der Waals surface area contributed by atoms with Gasteiger partial charge in [-0.1, -0.05) is 18.2 Å². The van der Waals surface area contributed by atoms with Crippen molar-refractivity contribution >= 4 is 28.6 Å². The lowest BCUT2D eigenvalue weighted by Crippen LogP contribution is -2.54. The van der Waals surface area contributed by atoms with E-state index in [1.165, 1.54) is 49.1 Å². The molecule has 0 radical (unpaired) electrons. The van der Waals surface area contributed by atoms with Crippen molar-refractivity contribution in [3.63, 3.8) is 0 Å².